The molecule has 0 amide bonds. The molecule has 0 unspecified atom stereocenters. The van der Waals surface area contributed by atoms with Crippen LogP contribution in [0.4, 0.5) is 0 Å². The molecule has 0 aliphatic carbocycles. The SMILES string of the molecule is CC=CC(=O)OCCCCCCCCCCCCCCCCCCCCCCCCCCCC. The fraction of sp³-hybridized carbons (Fsp3) is 0.906. The highest BCUT2D eigenvalue weighted by Gasteiger charge is 1.98. The molecule has 2 heteroatoms. The largest absolute Gasteiger partial charge is 0.463 e. The van der Waals surface area contributed by atoms with E-state index >= 15 is 0 Å². The summed E-state index contributed by atoms with van der Waals surface area (Å²) in [5.74, 6) is -0.206. The molecule has 0 heterocycles. The van der Waals surface area contributed by atoms with Crippen molar-refractivity contribution in [2.45, 2.75) is 181 Å². The second-order valence-electron chi connectivity index (χ2n) is 10.5. The predicted molar refractivity (Wildman–Crippen MR) is 151 cm³/mol. The van der Waals surface area contributed by atoms with Gasteiger partial charge in [-0.3, -0.25) is 0 Å². The highest BCUT2D eigenvalue weighted by Crippen LogP contribution is 2.16. The maximum Gasteiger partial charge on any atom is 0.330 e. The Morgan fingerprint density at radius 2 is 0.735 bits per heavy atom. The van der Waals surface area contributed by atoms with Crippen molar-refractivity contribution in [3.63, 3.8) is 0 Å². The Kier molecular flexibility index (Phi) is 29.5. The molecule has 0 N–H and O–H groups in total. The first-order valence-corrected chi connectivity index (χ1v) is 15.6. The Morgan fingerprint density at radius 1 is 0.471 bits per heavy atom. The molecule has 0 aromatic carbocycles. The zero-order chi connectivity index (χ0) is 24.8. The molecule has 0 aliphatic rings. The summed E-state index contributed by atoms with van der Waals surface area (Å²) in [7, 11) is 0. The van der Waals surface area contributed by atoms with E-state index in [0.717, 1.165) is 6.42 Å². The minimum Gasteiger partial charge on any atom is -0.463 e. The van der Waals surface area contributed by atoms with Gasteiger partial charge in [-0.2, -0.15) is 0 Å². The fourth-order valence-corrected chi connectivity index (χ4v) is 4.77. The lowest BCUT2D eigenvalue weighted by molar-refractivity contribution is -0.137. The first-order chi connectivity index (χ1) is 16.8. The number of hydrogen-bond acceptors (Lipinski definition) is 2. The van der Waals surface area contributed by atoms with E-state index < -0.39 is 0 Å². The summed E-state index contributed by atoms with van der Waals surface area (Å²) in [5, 5.41) is 0. The standard InChI is InChI=1S/C32H62O2/c1-3-5-6-7-8-9-10-11-12-13-14-15-16-17-18-19-20-21-22-23-24-25-26-27-28-29-31-34-32(33)30-4-2/h4,30H,3,5-29,31H2,1-2H3. The van der Waals surface area contributed by atoms with E-state index in [2.05, 4.69) is 6.92 Å². The Balaban J connectivity index is 3.05. The van der Waals surface area contributed by atoms with E-state index in [9.17, 15) is 4.79 Å². The molecule has 0 radical (unpaired) electrons. The summed E-state index contributed by atoms with van der Waals surface area (Å²) in [6.07, 6.45) is 39.9. The van der Waals surface area contributed by atoms with E-state index in [1.165, 1.54) is 167 Å². The summed E-state index contributed by atoms with van der Waals surface area (Å²) >= 11 is 0. The van der Waals surface area contributed by atoms with Crippen molar-refractivity contribution in [3.05, 3.63) is 12.2 Å². The molecule has 0 fully saturated rings. The summed E-state index contributed by atoms with van der Waals surface area (Å²) in [6, 6.07) is 0. The Bertz CT molecular complexity index is 415. The topological polar surface area (TPSA) is 26.3 Å². The van der Waals surface area contributed by atoms with Crippen LogP contribution in [0.25, 0.3) is 0 Å². The maximum absolute atomic E-state index is 11.2. The molecule has 0 rings (SSSR count). The Labute approximate surface area is 215 Å². The number of hydrogen-bond donors (Lipinski definition) is 0. The zero-order valence-electron chi connectivity index (χ0n) is 23.6. The van der Waals surface area contributed by atoms with Gasteiger partial charge in [0.2, 0.25) is 0 Å². The summed E-state index contributed by atoms with van der Waals surface area (Å²) in [6.45, 7) is 4.71. The Morgan fingerprint density at radius 3 is 1.00 bits per heavy atom. The average Bonchev–Trinajstić information content (AvgIpc) is 2.83. The normalized spacial score (nSPS) is 11.5. The third kappa shape index (κ3) is 29.2. The molecule has 0 spiro atoms. The van der Waals surface area contributed by atoms with Crippen LogP contribution >= 0.6 is 0 Å². The van der Waals surface area contributed by atoms with Crippen molar-refractivity contribution >= 4 is 5.97 Å². The average molecular weight is 479 g/mol. The Hall–Kier alpha value is -0.790. The molecule has 0 aromatic rings. The highest BCUT2D eigenvalue weighted by molar-refractivity contribution is 5.81. The van der Waals surface area contributed by atoms with Crippen LogP contribution in [0.2, 0.25) is 0 Å². The van der Waals surface area contributed by atoms with E-state index in [1.807, 2.05) is 6.92 Å². The molecule has 0 aromatic heterocycles. The van der Waals surface area contributed by atoms with Crippen molar-refractivity contribution in [1.82, 2.24) is 0 Å². The van der Waals surface area contributed by atoms with Crippen LogP contribution in [-0.4, -0.2) is 12.6 Å². The van der Waals surface area contributed by atoms with Crippen LogP contribution in [0.15, 0.2) is 12.2 Å². The van der Waals surface area contributed by atoms with Crippen molar-refractivity contribution in [2.24, 2.45) is 0 Å². The lowest BCUT2D eigenvalue weighted by Gasteiger charge is -2.04. The summed E-state index contributed by atoms with van der Waals surface area (Å²) in [5.41, 5.74) is 0. The fourth-order valence-electron chi connectivity index (χ4n) is 4.77. The van der Waals surface area contributed by atoms with E-state index in [1.54, 1.807) is 6.08 Å². The van der Waals surface area contributed by atoms with Crippen molar-refractivity contribution in [3.8, 4) is 0 Å². The molecule has 0 saturated carbocycles. The van der Waals surface area contributed by atoms with Crippen molar-refractivity contribution < 1.29 is 9.53 Å². The lowest BCUT2D eigenvalue weighted by atomic mass is 10.0. The number of carbonyl (C=O) groups excluding carboxylic acids is 1. The van der Waals surface area contributed by atoms with Gasteiger partial charge in [0.05, 0.1) is 6.61 Å². The zero-order valence-corrected chi connectivity index (χ0v) is 23.6. The van der Waals surface area contributed by atoms with E-state index in [4.69, 9.17) is 4.74 Å². The van der Waals surface area contributed by atoms with Gasteiger partial charge in [-0.05, 0) is 13.3 Å². The number of ether oxygens (including phenoxy) is 1. The van der Waals surface area contributed by atoms with Gasteiger partial charge in [0.15, 0.2) is 0 Å². The third-order valence-electron chi connectivity index (χ3n) is 7.04. The van der Waals surface area contributed by atoms with Crippen LogP contribution in [-0.2, 0) is 9.53 Å². The third-order valence-corrected chi connectivity index (χ3v) is 7.04. The van der Waals surface area contributed by atoms with Gasteiger partial charge in [-0.25, -0.2) is 4.79 Å². The van der Waals surface area contributed by atoms with Crippen molar-refractivity contribution in [1.29, 1.82) is 0 Å². The van der Waals surface area contributed by atoms with Crippen LogP contribution in [0.3, 0.4) is 0 Å². The number of rotatable bonds is 28. The summed E-state index contributed by atoms with van der Waals surface area (Å²) in [4.78, 5) is 11.2. The van der Waals surface area contributed by atoms with Crippen LogP contribution in [0.5, 0.6) is 0 Å². The number of carbonyl (C=O) groups is 1. The number of unbranched alkanes of at least 4 members (excludes halogenated alkanes) is 25. The number of allylic oxidation sites excluding steroid dienone is 1. The predicted octanol–water partition coefficient (Wildman–Crippen LogP) is 11.3. The molecule has 0 bridgehead atoms. The van der Waals surface area contributed by atoms with Gasteiger partial charge in [0, 0.05) is 6.08 Å². The van der Waals surface area contributed by atoms with Crippen LogP contribution < -0.4 is 0 Å². The molecular formula is C32H62O2. The first kappa shape index (κ1) is 33.2. The highest BCUT2D eigenvalue weighted by atomic mass is 16.5. The van der Waals surface area contributed by atoms with Gasteiger partial charge in [0.1, 0.15) is 0 Å². The van der Waals surface area contributed by atoms with Crippen LogP contribution in [0, 0.1) is 0 Å². The molecule has 0 saturated heterocycles. The molecule has 0 atom stereocenters. The van der Waals surface area contributed by atoms with Gasteiger partial charge < -0.3 is 4.74 Å². The van der Waals surface area contributed by atoms with E-state index in [0.29, 0.717) is 6.61 Å². The minimum atomic E-state index is -0.206. The molecule has 34 heavy (non-hydrogen) atoms. The molecule has 202 valence electrons. The van der Waals surface area contributed by atoms with Crippen LogP contribution in [0.1, 0.15) is 181 Å². The van der Waals surface area contributed by atoms with Crippen molar-refractivity contribution in [2.75, 3.05) is 6.61 Å². The van der Waals surface area contributed by atoms with Gasteiger partial charge in [-0.1, -0.05) is 174 Å². The van der Waals surface area contributed by atoms with Gasteiger partial charge in [0.25, 0.3) is 0 Å². The summed E-state index contributed by atoms with van der Waals surface area (Å²) < 4.78 is 5.11. The first-order valence-electron chi connectivity index (χ1n) is 15.6. The minimum absolute atomic E-state index is 0.206. The molecule has 0 aliphatic heterocycles. The van der Waals surface area contributed by atoms with Gasteiger partial charge in [-0.15, -0.1) is 0 Å². The number of esters is 1. The second kappa shape index (κ2) is 30.2. The monoisotopic (exact) mass is 478 g/mol. The lowest BCUT2D eigenvalue weighted by Crippen LogP contribution is -2.01. The maximum atomic E-state index is 11.2. The molecular weight excluding hydrogens is 416 g/mol. The van der Waals surface area contributed by atoms with Gasteiger partial charge >= 0.3 is 5.97 Å². The van der Waals surface area contributed by atoms with E-state index in [-0.39, 0.29) is 5.97 Å². The second-order valence-corrected chi connectivity index (χ2v) is 10.5. The smallest absolute Gasteiger partial charge is 0.330 e. The quantitative estimate of drug-likeness (QED) is 0.0634. The molecule has 2 nitrogen and oxygen atoms in total.